The van der Waals surface area contributed by atoms with Gasteiger partial charge in [-0.2, -0.15) is 0 Å². The maximum atomic E-state index is 12.8. The smallest absolute Gasteiger partial charge is 0.191 e. The number of aliphatic hydroxyl groups excluding tert-OH is 1. The van der Waals surface area contributed by atoms with E-state index >= 15 is 0 Å². The van der Waals surface area contributed by atoms with Gasteiger partial charge in [0, 0.05) is 13.1 Å². The average Bonchev–Trinajstić information content (AvgIpc) is 2.63. The quantitative estimate of drug-likeness (QED) is 0.304. The van der Waals surface area contributed by atoms with Crippen LogP contribution in [0, 0.1) is 12.7 Å². The molecular formula is C20H27FIN3O2. The molecule has 0 aliphatic heterocycles. The number of rotatable bonds is 8. The van der Waals surface area contributed by atoms with Crippen LogP contribution in [-0.4, -0.2) is 36.9 Å². The Balaban J connectivity index is 0.00000364. The van der Waals surface area contributed by atoms with E-state index in [0.717, 1.165) is 12.1 Å². The third-order valence-electron chi connectivity index (χ3n) is 3.61. The van der Waals surface area contributed by atoms with Crippen molar-refractivity contribution in [2.75, 3.05) is 19.7 Å². The first-order valence-electron chi connectivity index (χ1n) is 8.71. The van der Waals surface area contributed by atoms with Crippen molar-refractivity contribution >= 4 is 29.9 Å². The van der Waals surface area contributed by atoms with Gasteiger partial charge in [0.1, 0.15) is 24.3 Å². The fraction of sp³-hybridized carbons (Fsp3) is 0.350. The number of nitrogens with zero attached hydrogens (tertiary/aromatic N) is 1. The zero-order chi connectivity index (χ0) is 18.8. The minimum absolute atomic E-state index is 0. The minimum Gasteiger partial charge on any atom is -0.491 e. The van der Waals surface area contributed by atoms with Crippen LogP contribution < -0.4 is 15.4 Å². The SMILES string of the molecule is CCNC(=NCc1cccc(C)c1)NCC(O)COc1ccc(F)cc1.I. The van der Waals surface area contributed by atoms with Crippen LogP contribution in [0.5, 0.6) is 5.75 Å². The van der Waals surface area contributed by atoms with Gasteiger partial charge in [-0.1, -0.05) is 29.8 Å². The van der Waals surface area contributed by atoms with Crippen molar-refractivity contribution in [3.05, 3.63) is 65.5 Å². The average molecular weight is 487 g/mol. The fourth-order valence-electron chi connectivity index (χ4n) is 2.32. The van der Waals surface area contributed by atoms with E-state index in [9.17, 15) is 9.50 Å². The highest BCUT2D eigenvalue weighted by atomic mass is 127. The van der Waals surface area contributed by atoms with Crippen LogP contribution in [0.1, 0.15) is 18.1 Å². The predicted octanol–water partition coefficient (Wildman–Crippen LogP) is 3.25. The maximum absolute atomic E-state index is 12.8. The topological polar surface area (TPSA) is 65.9 Å². The van der Waals surface area contributed by atoms with E-state index < -0.39 is 6.10 Å². The molecule has 0 aliphatic carbocycles. The lowest BCUT2D eigenvalue weighted by Crippen LogP contribution is -2.42. The molecule has 0 aliphatic rings. The van der Waals surface area contributed by atoms with Gasteiger partial charge >= 0.3 is 0 Å². The van der Waals surface area contributed by atoms with Crippen molar-refractivity contribution in [2.45, 2.75) is 26.5 Å². The van der Waals surface area contributed by atoms with Gasteiger partial charge in [-0.15, -0.1) is 24.0 Å². The predicted molar refractivity (Wildman–Crippen MR) is 117 cm³/mol. The molecule has 148 valence electrons. The monoisotopic (exact) mass is 487 g/mol. The van der Waals surface area contributed by atoms with Crippen LogP contribution in [0.25, 0.3) is 0 Å². The molecule has 1 atom stereocenters. The standard InChI is InChI=1S/C20H26FN3O2.HI/c1-3-22-20(23-12-16-6-4-5-15(2)11-16)24-13-18(25)14-26-19-9-7-17(21)8-10-19;/h4-11,18,25H,3,12-14H2,1-2H3,(H2,22,23,24);1H. The Morgan fingerprint density at radius 1 is 1.19 bits per heavy atom. The summed E-state index contributed by atoms with van der Waals surface area (Å²) >= 11 is 0. The molecule has 3 N–H and O–H groups in total. The number of aliphatic imine (C=N–C) groups is 1. The summed E-state index contributed by atoms with van der Waals surface area (Å²) in [7, 11) is 0. The van der Waals surface area contributed by atoms with Gasteiger partial charge < -0.3 is 20.5 Å². The van der Waals surface area contributed by atoms with Gasteiger partial charge in [-0.25, -0.2) is 9.38 Å². The van der Waals surface area contributed by atoms with Crippen molar-refractivity contribution in [2.24, 2.45) is 4.99 Å². The summed E-state index contributed by atoms with van der Waals surface area (Å²) in [6.07, 6.45) is -0.720. The van der Waals surface area contributed by atoms with E-state index in [1.807, 2.05) is 32.0 Å². The number of nitrogens with one attached hydrogen (secondary N) is 2. The zero-order valence-corrected chi connectivity index (χ0v) is 17.9. The second-order valence-corrected chi connectivity index (χ2v) is 5.98. The number of aliphatic hydroxyl groups is 1. The molecule has 27 heavy (non-hydrogen) atoms. The summed E-state index contributed by atoms with van der Waals surface area (Å²) in [5.41, 5.74) is 2.33. The Morgan fingerprint density at radius 3 is 2.59 bits per heavy atom. The van der Waals surface area contributed by atoms with Crippen molar-refractivity contribution in [3.8, 4) is 5.75 Å². The number of hydrogen-bond acceptors (Lipinski definition) is 3. The maximum Gasteiger partial charge on any atom is 0.191 e. The third-order valence-corrected chi connectivity index (χ3v) is 3.61. The number of guanidine groups is 1. The normalized spacial score (nSPS) is 12.1. The highest BCUT2D eigenvalue weighted by molar-refractivity contribution is 14.0. The summed E-state index contributed by atoms with van der Waals surface area (Å²) in [4.78, 5) is 4.53. The molecule has 5 nitrogen and oxygen atoms in total. The van der Waals surface area contributed by atoms with Gasteiger partial charge in [0.05, 0.1) is 6.54 Å². The van der Waals surface area contributed by atoms with E-state index in [1.54, 1.807) is 0 Å². The molecule has 1 unspecified atom stereocenters. The number of halogens is 2. The lowest BCUT2D eigenvalue weighted by Gasteiger charge is -2.16. The van der Waals surface area contributed by atoms with E-state index in [1.165, 1.54) is 29.8 Å². The number of hydrogen-bond donors (Lipinski definition) is 3. The highest BCUT2D eigenvalue weighted by Crippen LogP contribution is 2.11. The van der Waals surface area contributed by atoms with Gasteiger partial charge in [-0.05, 0) is 43.7 Å². The Morgan fingerprint density at radius 2 is 1.93 bits per heavy atom. The molecule has 0 radical (unpaired) electrons. The van der Waals surface area contributed by atoms with Crippen LogP contribution in [0.2, 0.25) is 0 Å². The molecule has 0 amide bonds. The van der Waals surface area contributed by atoms with Crippen LogP contribution >= 0.6 is 24.0 Å². The van der Waals surface area contributed by atoms with Gasteiger partial charge in [-0.3, -0.25) is 0 Å². The summed E-state index contributed by atoms with van der Waals surface area (Å²) in [6.45, 7) is 5.71. The summed E-state index contributed by atoms with van der Waals surface area (Å²) in [5.74, 6) is 0.833. The van der Waals surface area contributed by atoms with Gasteiger partial charge in [0.2, 0.25) is 0 Å². The fourth-order valence-corrected chi connectivity index (χ4v) is 2.32. The van der Waals surface area contributed by atoms with Crippen molar-refractivity contribution < 1.29 is 14.2 Å². The first-order chi connectivity index (χ1) is 12.6. The lowest BCUT2D eigenvalue weighted by molar-refractivity contribution is 0.110. The number of aryl methyl sites for hydroxylation is 1. The molecule has 7 heteroatoms. The largest absolute Gasteiger partial charge is 0.491 e. The summed E-state index contributed by atoms with van der Waals surface area (Å²) in [6, 6.07) is 13.9. The first kappa shape index (κ1) is 23.2. The molecule has 0 fully saturated rings. The molecule has 2 rings (SSSR count). The van der Waals surface area contributed by atoms with Crippen molar-refractivity contribution in [1.82, 2.24) is 10.6 Å². The molecule has 2 aromatic rings. The summed E-state index contributed by atoms with van der Waals surface area (Å²) in [5, 5.41) is 16.3. The van der Waals surface area contributed by atoms with Crippen LogP contribution in [-0.2, 0) is 6.54 Å². The third kappa shape index (κ3) is 9.05. The van der Waals surface area contributed by atoms with E-state index in [4.69, 9.17) is 4.74 Å². The second-order valence-electron chi connectivity index (χ2n) is 5.98. The molecule has 0 aromatic heterocycles. The molecule has 0 saturated carbocycles. The van der Waals surface area contributed by atoms with Crippen LogP contribution in [0.3, 0.4) is 0 Å². The Bertz CT molecular complexity index is 711. The van der Waals surface area contributed by atoms with Gasteiger partial charge in [0.15, 0.2) is 5.96 Å². The molecule has 0 bridgehead atoms. The highest BCUT2D eigenvalue weighted by Gasteiger charge is 2.07. The number of ether oxygens (including phenoxy) is 1. The molecular weight excluding hydrogens is 460 g/mol. The molecule has 2 aromatic carbocycles. The van der Waals surface area contributed by atoms with Crippen molar-refractivity contribution in [1.29, 1.82) is 0 Å². The zero-order valence-electron chi connectivity index (χ0n) is 15.6. The molecule has 0 spiro atoms. The summed E-state index contributed by atoms with van der Waals surface area (Å²) < 4.78 is 18.3. The Labute approximate surface area is 177 Å². The Hall–Kier alpha value is -1.87. The second kappa shape index (κ2) is 12.5. The van der Waals surface area contributed by atoms with Crippen LogP contribution in [0.15, 0.2) is 53.5 Å². The van der Waals surface area contributed by atoms with Crippen LogP contribution in [0.4, 0.5) is 4.39 Å². The number of benzene rings is 2. The first-order valence-corrected chi connectivity index (χ1v) is 8.71. The van der Waals surface area contributed by atoms with Crippen molar-refractivity contribution in [3.63, 3.8) is 0 Å². The van der Waals surface area contributed by atoms with Gasteiger partial charge in [0.25, 0.3) is 0 Å². The van der Waals surface area contributed by atoms with E-state index in [2.05, 4.69) is 21.7 Å². The Kier molecular flexibility index (Phi) is 10.7. The molecule has 0 saturated heterocycles. The van der Waals surface area contributed by atoms with E-state index in [-0.39, 0.29) is 36.4 Å². The minimum atomic E-state index is -0.720. The molecule has 0 heterocycles. The lowest BCUT2D eigenvalue weighted by atomic mass is 10.1. The van der Waals surface area contributed by atoms with E-state index in [0.29, 0.717) is 24.8 Å².